The predicted octanol–water partition coefficient (Wildman–Crippen LogP) is 4.56. The maximum Gasteiger partial charge on any atom is 0.257 e. The van der Waals surface area contributed by atoms with Gasteiger partial charge < -0.3 is 4.74 Å². The molecule has 4 aromatic rings. The Balaban J connectivity index is 1.59. The highest BCUT2D eigenvalue weighted by Crippen LogP contribution is 2.29. The van der Waals surface area contributed by atoms with Crippen molar-refractivity contribution in [3.05, 3.63) is 47.5 Å². The van der Waals surface area contributed by atoms with Crippen LogP contribution in [0.3, 0.4) is 0 Å². The summed E-state index contributed by atoms with van der Waals surface area (Å²) < 4.78 is 7.47. The second kappa shape index (κ2) is 6.18. The van der Waals surface area contributed by atoms with Crippen LogP contribution in [-0.2, 0) is 0 Å². The van der Waals surface area contributed by atoms with E-state index in [1.807, 2.05) is 37.3 Å². The summed E-state index contributed by atoms with van der Waals surface area (Å²) in [5.41, 5.74) is 4.12. The second-order valence-corrected chi connectivity index (χ2v) is 6.99. The number of aromatic nitrogens is 2. The van der Waals surface area contributed by atoms with Crippen LogP contribution in [-0.4, -0.2) is 22.5 Å². The molecule has 0 unspecified atom stereocenters. The third-order valence-electron chi connectivity index (χ3n) is 3.48. The molecule has 0 bridgehead atoms. The number of rotatable bonds is 4. The van der Waals surface area contributed by atoms with Gasteiger partial charge in [-0.3, -0.25) is 10.1 Å². The molecule has 24 heavy (non-hydrogen) atoms. The summed E-state index contributed by atoms with van der Waals surface area (Å²) in [4.78, 5) is 21.1. The van der Waals surface area contributed by atoms with Gasteiger partial charge in [0.15, 0.2) is 5.13 Å². The number of anilines is 1. The van der Waals surface area contributed by atoms with Crippen molar-refractivity contribution < 1.29 is 9.53 Å². The molecule has 0 aliphatic heterocycles. The Kier molecular flexibility index (Phi) is 3.87. The van der Waals surface area contributed by atoms with Gasteiger partial charge >= 0.3 is 0 Å². The first-order valence-corrected chi connectivity index (χ1v) is 9.10. The molecule has 4 rings (SSSR count). The lowest BCUT2D eigenvalue weighted by Crippen LogP contribution is -2.11. The molecule has 0 radical (unpaired) electrons. The molecule has 120 valence electrons. The lowest BCUT2D eigenvalue weighted by Gasteiger charge is -2.01. The molecule has 2 heterocycles. The van der Waals surface area contributed by atoms with E-state index < -0.39 is 0 Å². The van der Waals surface area contributed by atoms with E-state index in [4.69, 9.17) is 4.74 Å². The monoisotopic (exact) mass is 355 g/mol. The van der Waals surface area contributed by atoms with Gasteiger partial charge in [0.1, 0.15) is 5.75 Å². The molecule has 2 aromatic heterocycles. The summed E-state index contributed by atoms with van der Waals surface area (Å²) in [7, 11) is 0. The smallest absolute Gasteiger partial charge is 0.257 e. The first-order valence-electron chi connectivity index (χ1n) is 7.41. The van der Waals surface area contributed by atoms with E-state index in [9.17, 15) is 4.79 Å². The predicted molar refractivity (Wildman–Crippen MR) is 98.4 cm³/mol. The Labute approximate surface area is 145 Å². The maximum atomic E-state index is 12.4. The van der Waals surface area contributed by atoms with E-state index in [1.54, 1.807) is 11.6 Å². The standard InChI is InChI=1S/C17H13N3O2S2/c1-2-22-11-4-6-13-15(8-11)24-17(19-13)20-16(21)10-3-5-12-14(7-10)23-9-18-12/h3-9H,2H2,1H3,(H,19,20,21). The summed E-state index contributed by atoms with van der Waals surface area (Å²) in [5.74, 6) is 0.636. The molecule has 1 amide bonds. The summed E-state index contributed by atoms with van der Waals surface area (Å²) >= 11 is 2.95. The molecule has 7 heteroatoms. The van der Waals surface area contributed by atoms with Crippen LogP contribution in [0.25, 0.3) is 20.4 Å². The minimum absolute atomic E-state index is 0.172. The van der Waals surface area contributed by atoms with Crippen molar-refractivity contribution in [2.24, 2.45) is 0 Å². The zero-order valence-electron chi connectivity index (χ0n) is 12.8. The van der Waals surface area contributed by atoms with E-state index in [-0.39, 0.29) is 5.91 Å². The molecular weight excluding hydrogens is 342 g/mol. The van der Waals surface area contributed by atoms with Crippen molar-refractivity contribution >= 4 is 54.1 Å². The molecule has 1 N–H and O–H groups in total. The second-order valence-electron chi connectivity index (χ2n) is 5.07. The number of hydrogen-bond donors (Lipinski definition) is 1. The van der Waals surface area contributed by atoms with Crippen molar-refractivity contribution in [1.82, 2.24) is 9.97 Å². The van der Waals surface area contributed by atoms with Crippen LogP contribution in [0.1, 0.15) is 17.3 Å². The van der Waals surface area contributed by atoms with Gasteiger partial charge in [-0.05, 0) is 43.3 Å². The minimum atomic E-state index is -0.172. The Bertz CT molecular complexity index is 1040. The highest BCUT2D eigenvalue weighted by molar-refractivity contribution is 7.22. The lowest BCUT2D eigenvalue weighted by atomic mass is 10.2. The summed E-state index contributed by atoms with van der Waals surface area (Å²) in [6.07, 6.45) is 0. The Morgan fingerprint density at radius 3 is 2.92 bits per heavy atom. The van der Waals surface area contributed by atoms with Crippen molar-refractivity contribution in [2.45, 2.75) is 6.92 Å². The van der Waals surface area contributed by atoms with Crippen molar-refractivity contribution in [1.29, 1.82) is 0 Å². The van der Waals surface area contributed by atoms with Gasteiger partial charge in [-0.15, -0.1) is 11.3 Å². The van der Waals surface area contributed by atoms with Gasteiger partial charge in [0.05, 0.1) is 32.6 Å². The lowest BCUT2D eigenvalue weighted by molar-refractivity contribution is 0.102. The average Bonchev–Trinajstić information content (AvgIpc) is 3.19. The number of thiazole rings is 2. The average molecular weight is 355 g/mol. The molecule has 0 spiro atoms. The zero-order chi connectivity index (χ0) is 16.5. The molecule has 0 atom stereocenters. The number of amides is 1. The largest absolute Gasteiger partial charge is 0.494 e. The number of nitrogens with zero attached hydrogens (tertiary/aromatic N) is 2. The number of fused-ring (bicyclic) bond motifs is 2. The maximum absolute atomic E-state index is 12.4. The van der Waals surface area contributed by atoms with Gasteiger partial charge in [0.2, 0.25) is 0 Å². The number of benzene rings is 2. The van der Waals surface area contributed by atoms with Crippen LogP contribution in [0.15, 0.2) is 41.9 Å². The van der Waals surface area contributed by atoms with E-state index in [1.165, 1.54) is 22.7 Å². The first-order chi connectivity index (χ1) is 11.7. The van der Waals surface area contributed by atoms with Crippen molar-refractivity contribution in [3.63, 3.8) is 0 Å². The Morgan fingerprint density at radius 2 is 2.04 bits per heavy atom. The van der Waals surface area contributed by atoms with E-state index in [2.05, 4.69) is 15.3 Å². The van der Waals surface area contributed by atoms with Crippen molar-refractivity contribution in [3.8, 4) is 5.75 Å². The fraction of sp³-hybridized carbons (Fsp3) is 0.118. The highest BCUT2D eigenvalue weighted by atomic mass is 32.1. The fourth-order valence-electron chi connectivity index (χ4n) is 2.38. The molecule has 0 saturated heterocycles. The molecular formula is C17H13N3O2S2. The minimum Gasteiger partial charge on any atom is -0.494 e. The van der Waals surface area contributed by atoms with Crippen LogP contribution in [0, 0.1) is 0 Å². The number of hydrogen-bond acceptors (Lipinski definition) is 6. The third-order valence-corrected chi connectivity index (χ3v) is 5.21. The summed E-state index contributed by atoms with van der Waals surface area (Å²) in [6, 6.07) is 11.2. The van der Waals surface area contributed by atoms with Gasteiger partial charge in [-0.2, -0.15) is 0 Å². The Morgan fingerprint density at radius 1 is 1.17 bits per heavy atom. The third kappa shape index (κ3) is 2.83. The number of nitrogens with one attached hydrogen (secondary N) is 1. The van der Waals surface area contributed by atoms with Crippen LogP contribution < -0.4 is 10.1 Å². The number of ether oxygens (including phenoxy) is 1. The molecule has 0 aliphatic rings. The van der Waals surface area contributed by atoms with Gasteiger partial charge in [0.25, 0.3) is 5.91 Å². The van der Waals surface area contributed by atoms with Gasteiger partial charge in [0, 0.05) is 5.56 Å². The quantitative estimate of drug-likeness (QED) is 0.583. The number of carbonyl (C=O) groups excluding carboxylic acids is 1. The summed E-state index contributed by atoms with van der Waals surface area (Å²) in [5, 5.41) is 3.44. The van der Waals surface area contributed by atoms with Gasteiger partial charge in [-0.1, -0.05) is 11.3 Å². The van der Waals surface area contributed by atoms with Gasteiger partial charge in [-0.25, -0.2) is 9.97 Å². The van der Waals surface area contributed by atoms with E-state index in [0.717, 1.165) is 26.2 Å². The highest BCUT2D eigenvalue weighted by Gasteiger charge is 2.11. The molecule has 2 aromatic carbocycles. The first kappa shape index (κ1) is 15.0. The molecule has 0 saturated carbocycles. The topological polar surface area (TPSA) is 64.1 Å². The molecule has 0 fully saturated rings. The van der Waals surface area contributed by atoms with E-state index >= 15 is 0 Å². The molecule has 5 nitrogen and oxygen atoms in total. The van der Waals surface area contributed by atoms with Crippen LogP contribution in [0.5, 0.6) is 5.75 Å². The normalized spacial score (nSPS) is 11.0. The number of carbonyl (C=O) groups is 1. The van der Waals surface area contributed by atoms with E-state index in [0.29, 0.717) is 17.3 Å². The zero-order valence-corrected chi connectivity index (χ0v) is 14.4. The SMILES string of the molecule is CCOc1ccc2nc(NC(=O)c3ccc4ncsc4c3)sc2c1. The molecule has 0 aliphatic carbocycles. The Hall–Kier alpha value is -2.51. The van der Waals surface area contributed by atoms with Crippen LogP contribution >= 0.6 is 22.7 Å². The van der Waals surface area contributed by atoms with Crippen LogP contribution in [0.2, 0.25) is 0 Å². The fourth-order valence-corrected chi connectivity index (χ4v) is 3.99. The van der Waals surface area contributed by atoms with Crippen LogP contribution in [0.4, 0.5) is 5.13 Å². The van der Waals surface area contributed by atoms with Crippen molar-refractivity contribution in [2.75, 3.05) is 11.9 Å². The summed E-state index contributed by atoms with van der Waals surface area (Å²) in [6.45, 7) is 2.57.